The molecule has 2 aromatic rings. The Labute approximate surface area is 127 Å². The van der Waals surface area contributed by atoms with Gasteiger partial charge in [-0.05, 0) is 47.7 Å². The van der Waals surface area contributed by atoms with Crippen LogP contribution >= 0.6 is 0 Å². The zero-order valence-electron chi connectivity index (χ0n) is 13.0. The Kier molecular flexibility index (Phi) is 4.56. The number of phenolic OH excluding ortho intramolecular Hbond substituents is 2. The molecule has 0 aliphatic carbocycles. The third-order valence-corrected chi connectivity index (χ3v) is 4.46. The van der Waals surface area contributed by atoms with E-state index in [-0.39, 0.29) is 16.9 Å². The van der Waals surface area contributed by atoms with Crippen LogP contribution in [0.2, 0.25) is 0 Å². The lowest BCUT2D eigenvalue weighted by Gasteiger charge is -2.33. The molecule has 0 amide bonds. The fourth-order valence-corrected chi connectivity index (χ4v) is 2.90. The summed E-state index contributed by atoms with van der Waals surface area (Å²) in [7, 11) is 0. The Morgan fingerprint density at radius 1 is 0.857 bits per heavy atom. The zero-order valence-corrected chi connectivity index (χ0v) is 13.0. The van der Waals surface area contributed by atoms with E-state index in [2.05, 4.69) is 20.8 Å². The number of hydrogen-bond acceptors (Lipinski definition) is 2. The van der Waals surface area contributed by atoms with Crippen LogP contribution in [0.5, 0.6) is 11.5 Å². The van der Waals surface area contributed by atoms with E-state index in [0.717, 1.165) is 12.8 Å². The molecule has 2 nitrogen and oxygen atoms in total. The van der Waals surface area contributed by atoms with E-state index in [1.54, 1.807) is 24.3 Å². The molecule has 0 aliphatic rings. The molecule has 0 saturated heterocycles. The van der Waals surface area contributed by atoms with Crippen LogP contribution in [0.4, 0.5) is 0 Å². The van der Waals surface area contributed by atoms with Crippen molar-refractivity contribution >= 4 is 0 Å². The molecule has 112 valence electrons. The molecule has 0 fully saturated rings. The van der Waals surface area contributed by atoms with Gasteiger partial charge in [0.05, 0.1) is 0 Å². The molecule has 0 heterocycles. The number of aromatic hydroxyl groups is 2. The van der Waals surface area contributed by atoms with Crippen LogP contribution in [-0.4, -0.2) is 10.2 Å². The minimum absolute atomic E-state index is 0.128. The summed E-state index contributed by atoms with van der Waals surface area (Å²) in [6.07, 6.45) is 2.16. The van der Waals surface area contributed by atoms with Crippen LogP contribution in [0.25, 0.3) is 0 Å². The van der Waals surface area contributed by atoms with Crippen molar-refractivity contribution in [2.24, 2.45) is 5.92 Å². The molecule has 21 heavy (non-hydrogen) atoms. The molecule has 0 aliphatic heterocycles. The summed E-state index contributed by atoms with van der Waals surface area (Å²) >= 11 is 0. The van der Waals surface area contributed by atoms with Gasteiger partial charge in [0, 0.05) is 5.41 Å². The highest BCUT2D eigenvalue weighted by Gasteiger charge is 2.30. The second-order valence-electron chi connectivity index (χ2n) is 6.14. The predicted octanol–water partition coefficient (Wildman–Crippen LogP) is 4.84. The van der Waals surface area contributed by atoms with E-state index in [0.29, 0.717) is 5.92 Å². The first-order chi connectivity index (χ1) is 9.95. The van der Waals surface area contributed by atoms with Crippen LogP contribution in [-0.2, 0) is 5.41 Å². The van der Waals surface area contributed by atoms with Gasteiger partial charge in [-0.3, -0.25) is 0 Å². The molecule has 2 rings (SSSR count). The fourth-order valence-electron chi connectivity index (χ4n) is 2.90. The van der Waals surface area contributed by atoms with Crippen LogP contribution in [0.1, 0.15) is 44.7 Å². The van der Waals surface area contributed by atoms with Gasteiger partial charge in [0.25, 0.3) is 0 Å². The molecule has 1 atom stereocenters. The SMILES string of the molecule is CCC(C)CC(C)(c1ccc(O)cc1)c1ccc(O)cc1. The van der Waals surface area contributed by atoms with Crippen molar-refractivity contribution < 1.29 is 10.2 Å². The molecule has 0 bridgehead atoms. The van der Waals surface area contributed by atoms with Crippen molar-refractivity contribution in [3.63, 3.8) is 0 Å². The van der Waals surface area contributed by atoms with Crippen LogP contribution in [0, 0.1) is 5.92 Å². The maximum absolute atomic E-state index is 9.52. The molecule has 2 aromatic carbocycles. The summed E-state index contributed by atoms with van der Waals surface area (Å²) in [6.45, 7) is 6.70. The lowest BCUT2D eigenvalue weighted by atomic mass is 9.70. The van der Waals surface area contributed by atoms with Gasteiger partial charge >= 0.3 is 0 Å². The average Bonchev–Trinajstić information content (AvgIpc) is 2.48. The van der Waals surface area contributed by atoms with Crippen molar-refractivity contribution in [3.05, 3.63) is 59.7 Å². The van der Waals surface area contributed by atoms with Gasteiger partial charge in [-0.1, -0.05) is 51.5 Å². The first-order valence-corrected chi connectivity index (χ1v) is 7.54. The van der Waals surface area contributed by atoms with Crippen LogP contribution in [0.15, 0.2) is 48.5 Å². The summed E-state index contributed by atoms with van der Waals surface area (Å²) < 4.78 is 0. The highest BCUT2D eigenvalue weighted by atomic mass is 16.3. The normalized spacial score (nSPS) is 13.1. The lowest BCUT2D eigenvalue weighted by molar-refractivity contribution is 0.394. The maximum Gasteiger partial charge on any atom is 0.115 e. The molecule has 0 aromatic heterocycles. The van der Waals surface area contributed by atoms with Gasteiger partial charge in [0.1, 0.15) is 11.5 Å². The topological polar surface area (TPSA) is 40.5 Å². The third kappa shape index (κ3) is 3.38. The van der Waals surface area contributed by atoms with E-state index in [9.17, 15) is 10.2 Å². The summed E-state index contributed by atoms with van der Waals surface area (Å²) in [5, 5.41) is 19.0. The minimum atomic E-state index is -0.128. The summed E-state index contributed by atoms with van der Waals surface area (Å²) in [6, 6.07) is 14.9. The van der Waals surface area contributed by atoms with Gasteiger partial charge in [-0.2, -0.15) is 0 Å². The van der Waals surface area contributed by atoms with Crippen LogP contribution < -0.4 is 0 Å². The predicted molar refractivity (Wildman–Crippen MR) is 86.7 cm³/mol. The van der Waals surface area contributed by atoms with E-state index in [1.807, 2.05) is 24.3 Å². The van der Waals surface area contributed by atoms with Gasteiger partial charge in [0.15, 0.2) is 0 Å². The molecule has 0 saturated carbocycles. The Bertz CT molecular complexity index is 524. The molecule has 2 N–H and O–H groups in total. The Morgan fingerprint density at radius 3 is 1.57 bits per heavy atom. The van der Waals surface area contributed by atoms with Crippen molar-refractivity contribution in [3.8, 4) is 11.5 Å². The molecular formula is C19H24O2. The maximum atomic E-state index is 9.52. The van der Waals surface area contributed by atoms with Gasteiger partial charge < -0.3 is 10.2 Å². The zero-order chi connectivity index (χ0) is 15.5. The third-order valence-electron chi connectivity index (χ3n) is 4.46. The number of phenols is 2. The van der Waals surface area contributed by atoms with Gasteiger partial charge in [-0.25, -0.2) is 0 Å². The van der Waals surface area contributed by atoms with E-state index in [1.165, 1.54) is 11.1 Å². The van der Waals surface area contributed by atoms with Crippen molar-refractivity contribution in [1.29, 1.82) is 0 Å². The smallest absolute Gasteiger partial charge is 0.115 e. The Morgan fingerprint density at radius 2 is 1.24 bits per heavy atom. The fraction of sp³-hybridized carbons (Fsp3) is 0.368. The van der Waals surface area contributed by atoms with Gasteiger partial charge in [0.2, 0.25) is 0 Å². The molecule has 2 heteroatoms. The summed E-state index contributed by atoms with van der Waals surface area (Å²) in [4.78, 5) is 0. The highest BCUT2D eigenvalue weighted by molar-refractivity contribution is 5.42. The Hall–Kier alpha value is -1.96. The van der Waals surface area contributed by atoms with Crippen molar-refractivity contribution in [2.45, 2.75) is 39.0 Å². The van der Waals surface area contributed by atoms with Crippen LogP contribution in [0.3, 0.4) is 0 Å². The molecule has 1 unspecified atom stereocenters. The first-order valence-electron chi connectivity index (χ1n) is 7.54. The first kappa shape index (κ1) is 15.4. The van der Waals surface area contributed by atoms with Crippen molar-refractivity contribution in [1.82, 2.24) is 0 Å². The quantitative estimate of drug-likeness (QED) is 0.824. The number of hydrogen-bond donors (Lipinski definition) is 2. The minimum Gasteiger partial charge on any atom is -0.508 e. The molecule has 0 spiro atoms. The summed E-state index contributed by atoms with van der Waals surface area (Å²) in [5.41, 5.74) is 2.24. The average molecular weight is 284 g/mol. The monoisotopic (exact) mass is 284 g/mol. The number of rotatable bonds is 5. The molecular weight excluding hydrogens is 260 g/mol. The lowest BCUT2D eigenvalue weighted by Crippen LogP contribution is -2.26. The Balaban J connectivity index is 2.47. The van der Waals surface area contributed by atoms with E-state index < -0.39 is 0 Å². The second-order valence-corrected chi connectivity index (χ2v) is 6.14. The highest BCUT2D eigenvalue weighted by Crippen LogP contribution is 2.39. The standard InChI is InChI=1S/C19H24O2/c1-4-14(2)13-19(3,15-5-9-17(20)10-6-15)16-7-11-18(21)12-8-16/h5-12,14,20-21H,4,13H2,1-3H3. The van der Waals surface area contributed by atoms with Crippen molar-refractivity contribution in [2.75, 3.05) is 0 Å². The largest absolute Gasteiger partial charge is 0.508 e. The van der Waals surface area contributed by atoms with Gasteiger partial charge in [-0.15, -0.1) is 0 Å². The van der Waals surface area contributed by atoms with E-state index >= 15 is 0 Å². The second kappa shape index (κ2) is 6.21. The van der Waals surface area contributed by atoms with E-state index in [4.69, 9.17) is 0 Å². The number of benzene rings is 2. The molecule has 0 radical (unpaired) electrons. The summed E-state index contributed by atoms with van der Waals surface area (Å²) in [5.74, 6) is 1.17.